The van der Waals surface area contributed by atoms with Gasteiger partial charge >= 0.3 is 0 Å². The van der Waals surface area contributed by atoms with E-state index < -0.39 is 0 Å². The zero-order valence-electron chi connectivity index (χ0n) is 10.8. The van der Waals surface area contributed by atoms with Gasteiger partial charge in [-0.2, -0.15) is 0 Å². The Labute approximate surface area is 102 Å². The average Bonchev–Trinajstić information content (AvgIpc) is 3.00. The number of aromatic nitrogens is 2. The summed E-state index contributed by atoms with van der Waals surface area (Å²) in [5.74, 6) is 2.57. The third-order valence-electron chi connectivity index (χ3n) is 3.08. The lowest BCUT2D eigenvalue weighted by molar-refractivity contribution is 0.638. The number of rotatable bonds is 5. The average molecular weight is 235 g/mol. The van der Waals surface area contributed by atoms with Crippen LogP contribution in [0.2, 0.25) is 0 Å². The van der Waals surface area contributed by atoms with E-state index in [-0.39, 0.29) is 11.5 Å². The van der Waals surface area contributed by atoms with E-state index in [1.165, 1.54) is 25.3 Å². The zero-order chi connectivity index (χ0) is 12.4. The monoisotopic (exact) mass is 235 g/mol. The molecule has 4 nitrogen and oxygen atoms in total. The van der Waals surface area contributed by atoms with Gasteiger partial charge in [0, 0.05) is 18.0 Å². The first-order valence-corrected chi connectivity index (χ1v) is 6.42. The Bertz CT molecular complexity index is 435. The van der Waals surface area contributed by atoms with Crippen LogP contribution in [-0.4, -0.2) is 16.0 Å². The third-order valence-corrected chi connectivity index (χ3v) is 3.08. The van der Waals surface area contributed by atoms with Gasteiger partial charge in [0.15, 0.2) is 0 Å². The third kappa shape index (κ3) is 3.58. The van der Waals surface area contributed by atoms with Crippen LogP contribution in [0.5, 0.6) is 0 Å². The van der Waals surface area contributed by atoms with Gasteiger partial charge in [-0.3, -0.25) is 4.79 Å². The Kier molecular flexibility index (Phi) is 3.50. The molecular formula is C13H21N3O. The fourth-order valence-electron chi connectivity index (χ4n) is 1.99. The molecule has 1 aliphatic carbocycles. The minimum absolute atomic E-state index is 0.0789. The Balaban J connectivity index is 2.05. The van der Waals surface area contributed by atoms with Gasteiger partial charge < -0.3 is 10.3 Å². The molecule has 0 radical (unpaired) electrons. The molecule has 0 bridgehead atoms. The molecule has 1 saturated carbocycles. The number of hydrogen-bond acceptors (Lipinski definition) is 3. The minimum Gasteiger partial charge on any atom is -0.367 e. The molecule has 17 heavy (non-hydrogen) atoms. The molecule has 1 aromatic heterocycles. The first-order chi connectivity index (χ1) is 8.04. The van der Waals surface area contributed by atoms with Crippen LogP contribution in [0, 0.1) is 5.92 Å². The summed E-state index contributed by atoms with van der Waals surface area (Å²) in [7, 11) is 0. The fraction of sp³-hybridized carbons (Fsp3) is 0.692. The Morgan fingerprint density at radius 1 is 1.47 bits per heavy atom. The van der Waals surface area contributed by atoms with Crippen molar-refractivity contribution in [2.24, 2.45) is 5.92 Å². The van der Waals surface area contributed by atoms with Crippen molar-refractivity contribution >= 4 is 5.82 Å². The van der Waals surface area contributed by atoms with Gasteiger partial charge in [0.05, 0.1) is 0 Å². The first kappa shape index (κ1) is 12.1. The Morgan fingerprint density at radius 2 is 2.18 bits per heavy atom. The maximum atomic E-state index is 11.5. The van der Waals surface area contributed by atoms with Crippen LogP contribution in [0.3, 0.4) is 0 Å². The molecular weight excluding hydrogens is 214 g/mol. The highest BCUT2D eigenvalue weighted by molar-refractivity contribution is 5.34. The summed E-state index contributed by atoms with van der Waals surface area (Å²) in [6.45, 7) is 6.20. The topological polar surface area (TPSA) is 57.8 Å². The summed E-state index contributed by atoms with van der Waals surface area (Å²) < 4.78 is 0. The smallest absolute Gasteiger partial charge is 0.252 e. The van der Waals surface area contributed by atoms with Crippen molar-refractivity contribution < 1.29 is 0 Å². The molecule has 2 rings (SSSR count). The van der Waals surface area contributed by atoms with E-state index in [9.17, 15) is 4.79 Å². The van der Waals surface area contributed by atoms with Gasteiger partial charge in [0.1, 0.15) is 11.6 Å². The number of nitrogens with zero attached hydrogens (tertiary/aromatic N) is 1. The van der Waals surface area contributed by atoms with Crippen LogP contribution in [0.25, 0.3) is 0 Å². The molecule has 1 atom stereocenters. The van der Waals surface area contributed by atoms with Crippen LogP contribution in [0.1, 0.15) is 51.8 Å². The molecule has 0 amide bonds. The van der Waals surface area contributed by atoms with Crippen LogP contribution in [-0.2, 0) is 0 Å². The summed E-state index contributed by atoms with van der Waals surface area (Å²) in [4.78, 5) is 18.7. The molecule has 1 aromatic rings. The molecule has 0 aliphatic heterocycles. The molecule has 1 heterocycles. The standard InChI is InChI=1S/C13H21N3O/c1-8(2)13-15-11(7-12(17)16-13)14-9(3)6-10-4-5-10/h7-10H,4-6H2,1-3H3,(H2,14,15,16,17). The molecule has 1 fully saturated rings. The number of aromatic amines is 1. The fourth-order valence-corrected chi connectivity index (χ4v) is 1.99. The van der Waals surface area contributed by atoms with E-state index in [0.29, 0.717) is 11.9 Å². The molecule has 0 spiro atoms. The molecule has 4 heteroatoms. The predicted molar refractivity (Wildman–Crippen MR) is 69.4 cm³/mol. The largest absolute Gasteiger partial charge is 0.367 e. The zero-order valence-corrected chi connectivity index (χ0v) is 10.8. The van der Waals surface area contributed by atoms with Crippen LogP contribution < -0.4 is 10.9 Å². The van der Waals surface area contributed by atoms with E-state index in [0.717, 1.165) is 11.7 Å². The highest BCUT2D eigenvalue weighted by Crippen LogP contribution is 2.33. The number of hydrogen-bond donors (Lipinski definition) is 2. The Morgan fingerprint density at radius 3 is 2.76 bits per heavy atom. The van der Waals surface area contributed by atoms with E-state index in [2.05, 4.69) is 22.2 Å². The molecule has 2 N–H and O–H groups in total. The summed E-state index contributed by atoms with van der Waals surface area (Å²) in [6, 6.07) is 1.92. The number of nitrogens with one attached hydrogen (secondary N) is 2. The number of anilines is 1. The first-order valence-electron chi connectivity index (χ1n) is 6.42. The minimum atomic E-state index is -0.0789. The van der Waals surface area contributed by atoms with Crippen molar-refractivity contribution in [2.75, 3.05) is 5.32 Å². The van der Waals surface area contributed by atoms with E-state index >= 15 is 0 Å². The lowest BCUT2D eigenvalue weighted by Crippen LogP contribution is -2.20. The highest BCUT2D eigenvalue weighted by atomic mass is 16.1. The van der Waals surface area contributed by atoms with Crippen molar-refractivity contribution in [3.63, 3.8) is 0 Å². The van der Waals surface area contributed by atoms with Gasteiger partial charge in [-0.05, 0) is 19.3 Å². The lowest BCUT2D eigenvalue weighted by atomic mass is 10.1. The SMILES string of the molecule is CC(CC1CC1)Nc1cc(=O)[nH]c(C(C)C)n1. The quantitative estimate of drug-likeness (QED) is 0.824. The second-order valence-electron chi connectivity index (χ2n) is 5.40. The predicted octanol–water partition coefficient (Wildman–Crippen LogP) is 2.49. The molecule has 94 valence electrons. The Hall–Kier alpha value is -1.32. The summed E-state index contributed by atoms with van der Waals surface area (Å²) in [6.07, 6.45) is 3.88. The second-order valence-corrected chi connectivity index (χ2v) is 5.40. The van der Waals surface area contributed by atoms with Crippen molar-refractivity contribution in [2.45, 2.75) is 52.0 Å². The molecule has 1 aliphatic rings. The second kappa shape index (κ2) is 4.90. The van der Waals surface area contributed by atoms with E-state index in [4.69, 9.17) is 0 Å². The van der Waals surface area contributed by atoms with Crippen molar-refractivity contribution in [3.8, 4) is 0 Å². The van der Waals surface area contributed by atoms with Gasteiger partial charge in [0.25, 0.3) is 5.56 Å². The van der Waals surface area contributed by atoms with Gasteiger partial charge in [-0.1, -0.05) is 26.7 Å². The highest BCUT2D eigenvalue weighted by Gasteiger charge is 2.23. The van der Waals surface area contributed by atoms with Crippen molar-refractivity contribution in [1.29, 1.82) is 0 Å². The van der Waals surface area contributed by atoms with Gasteiger partial charge in [-0.25, -0.2) is 4.98 Å². The summed E-state index contributed by atoms with van der Waals surface area (Å²) in [5, 5.41) is 3.32. The van der Waals surface area contributed by atoms with Gasteiger partial charge in [0.2, 0.25) is 0 Å². The van der Waals surface area contributed by atoms with Crippen molar-refractivity contribution in [3.05, 3.63) is 22.2 Å². The summed E-state index contributed by atoms with van der Waals surface area (Å²) >= 11 is 0. The number of H-pyrrole nitrogens is 1. The van der Waals surface area contributed by atoms with Crippen LogP contribution in [0.4, 0.5) is 5.82 Å². The molecule has 0 saturated heterocycles. The lowest BCUT2D eigenvalue weighted by Gasteiger charge is -2.15. The van der Waals surface area contributed by atoms with Crippen molar-refractivity contribution in [1.82, 2.24) is 9.97 Å². The maximum absolute atomic E-state index is 11.5. The molecule has 0 aromatic carbocycles. The molecule has 1 unspecified atom stereocenters. The van der Waals surface area contributed by atoms with Crippen LogP contribution in [0.15, 0.2) is 10.9 Å². The summed E-state index contributed by atoms with van der Waals surface area (Å²) in [5.41, 5.74) is -0.0789. The van der Waals surface area contributed by atoms with E-state index in [1.807, 2.05) is 13.8 Å². The van der Waals surface area contributed by atoms with Gasteiger partial charge in [-0.15, -0.1) is 0 Å². The normalized spacial score (nSPS) is 17.2. The van der Waals surface area contributed by atoms with Crippen LogP contribution >= 0.6 is 0 Å². The van der Waals surface area contributed by atoms with E-state index in [1.54, 1.807) is 0 Å². The maximum Gasteiger partial charge on any atom is 0.252 e.